The lowest BCUT2D eigenvalue weighted by Gasteiger charge is -2.11. The van der Waals surface area contributed by atoms with Crippen LogP contribution in [0.2, 0.25) is 0 Å². The van der Waals surface area contributed by atoms with Gasteiger partial charge in [-0.25, -0.2) is 4.98 Å². The van der Waals surface area contributed by atoms with E-state index in [1.54, 1.807) is 13.3 Å². The van der Waals surface area contributed by atoms with Crippen molar-refractivity contribution in [2.24, 2.45) is 5.73 Å². The van der Waals surface area contributed by atoms with Crippen LogP contribution in [0.4, 0.5) is 0 Å². The quantitative estimate of drug-likeness (QED) is 0.702. The zero-order valence-electron chi connectivity index (χ0n) is 7.53. The number of ether oxygens (including phenoxy) is 1. The van der Waals surface area contributed by atoms with Gasteiger partial charge in [-0.05, 0) is 6.07 Å². The Morgan fingerprint density at radius 1 is 1.77 bits per heavy atom. The first-order valence-electron chi connectivity index (χ1n) is 3.97. The van der Waals surface area contributed by atoms with E-state index in [9.17, 15) is 0 Å². The second-order valence-corrected chi connectivity index (χ2v) is 2.62. The first-order valence-corrected chi connectivity index (χ1v) is 3.97. The second kappa shape index (κ2) is 4.48. The Bertz CT molecular complexity index is 317. The van der Waals surface area contributed by atoms with E-state index in [-0.39, 0.29) is 6.04 Å². The summed E-state index contributed by atoms with van der Waals surface area (Å²) < 4.78 is 5.05. The molecule has 1 rings (SSSR count). The smallest absolute Gasteiger partial charge is 0.217 e. The van der Waals surface area contributed by atoms with Crippen molar-refractivity contribution in [2.45, 2.75) is 12.5 Å². The van der Waals surface area contributed by atoms with Crippen molar-refractivity contribution < 1.29 is 4.74 Å². The lowest BCUT2D eigenvalue weighted by Crippen LogP contribution is -2.11. The van der Waals surface area contributed by atoms with Gasteiger partial charge in [0.1, 0.15) is 0 Å². The van der Waals surface area contributed by atoms with Crippen LogP contribution in [0, 0.1) is 12.3 Å². The van der Waals surface area contributed by atoms with Crippen molar-refractivity contribution in [1.29, 1.82) is 0 Å². The highest BCUT2D eigenvalue weighted by molar-refractivity contribution is 5.29. The lowest BCUT2D eigenvalue weighted by atomic mass is 10.1. The first kappa shape index (κ1) is 9.56. The Morgan fingerprint density at radius 2 is 2.54 bits per heavy atom. The predicted molar refractivity (Wildman–Crippen MR) is 51.2 cm³/mol. The molecule has 2 N–H and O–H groups in total. The minimum absolute atomic E-state index is 0.200. The fraction of sp³-hybridized carbons (Fsp3) is 0.300. The van der Waals surface area contributed by atoms with Gasteiger partial charge in [-0.2, -0.15) is 0 Å². The molecule has 0 aliphatic carbocycles. The number of hydrogen-bond donors (Lipinski definition) is 1. The SMILES string of the molecule is C#CCC(N)c1cccnc1OC. The Kier molecular flexibility index (Phi) is 3.30. The van der Waals surface area contributed by atoms with Crippen LogP contribution >= 0.6 is 0 Å². The van der Waals surface area contributed by atoms with Gasteiger partial charge in [0, 0.05) is 24.2 Å². The number of methoxy groups -OCH3 is 1. The summed E-state index contributed by atoms with van der Waals surface area (Å²) in [5.74, 6) is 3.06. The van der Waals surface area contributed by atoms with Crippen LogP contribution in [0.3, 0.4) is 0 Å². The molecular formula is C10H12N2O. The first-order chi connectivity index (χ1) is 6.29. The average molecular weight is 176 g/mol. The van der Waals surface area contributed by atoms with Crippen molar-refractivity contribution in [2.75, 3.05) is 7.11 Å². The standard InChI is InChI=1S/C10H12N2O/c1-3-5-9(11)8-6-4-7-12-10(8)13-2/h1,4,6-7,9H,5,11H2,2H3. The van der Waals surface area contributed by atoms with E-state index in [1.807, 2.05) is 12.1 Å². The molecule has 0 fully saturated rings. The molecule has 0 spiro atoms. The maximum absolute atomic E-state index is 5.82. The zero-order valence-corrected chi connectivity index (χ0v) is 7.53. The van der Waals surface area contributed by atoms with Crippen molar-refractivity contribution >= 4 is 0 Å². The number of hydrogen-bond acceptors (Lipinski definition) is 3. The summed E-state index contributed by atoms with van der Waals surface area (Å²) in [5, 5.41) is 0. The fourth-order valence-corrected chi connectivity index (χ4v) is 1.09. The van der Waals surface area contributed by atoms with Gasteiger partial charge in [-0.1, -0.05) is 6.07 Å². The molecular weight excluding hydrogens is 164 g/mol. The van der Waals surface area contributed by atoms with Gasteiger partial charge in [0.2, 0.25) is 5.88 Å². The molecule has 0 bridgehead atoms. The van der Waals surface area contributed by atoms with E-state index in [2.05, 4.69) is 10.9 Å². The van der Waals surface area contributed by atoms with Crippen molar-refractivity contribution in [1.82, 2.24) is 4.98 Å². The molecule has 0 radical (unpaired) electrons. The normalized spacial score (nSPS) is 11.8. The van der Waals surface area contributed by atoms with Gasteiger partial charge < -0.3 is 10.5 Å². The van der Waals surface area contributed by atoms with Gasteiger partial charge in [-0.3, -0.25) is 0 Å². The second-order valence-electron chi connectivity index (χ2n) is 2.62. The molecule has 1 unspecified atom stereocenters. The molecule has 3 heteroatoms. The average Bonchev–Trinajstić information content (AvgIpc) is 2.18. The summed E-state index contributed by atoms with van der Waals surface area (Å²) in [4.78, 5) is 4.03. The zero-order chi connectivity index (χ0) is 9.68. The van der Waals surface area contributed by atoms with Crippen LogP contribution < -0.4 is 10.5 Å². The van der Waals surface area contributed by atoms with Crippen LogP contribution in [0.1, 0.15) is 18.0 Å². The Labute approximate surface area is 77.9 Å². The van der Waals surface area contributed by atoms with Crippen LogP contribution in [-0.2, 0) is 0 Å². The van der Waals surface area contributed by atoms with Crippen LogP contribution in [0.5, 0.6) is 5.88 Å². The fourth-order valence-electron chi connectivity index (χ4n) is 1.09. The maximum atomic E-state index is 5.82. The third-order valence-corrected chi connectivity index (χ3v) is 1.73. The van der Waals surface area contributed by atoms with Crippen molar-refractivity contribution in [3.8, 4) is 18.2 Å². The largest absolute Gasteiger partial charge is 0.481 e. The molecule has 0 aliphatic rings. The van der Waals surface area contributed by atoms with E-state index in [0.717, 1.165) is 5.56 Å². The summed E-state index contributed by atoms with van der Waals surface area (Å²) in [7, 11) is 1.56. The maximum Gasteiger partial charge on any atom is 0.217 e. The number of nitrogens with zero attached hydrogens (tertiary/aromatic N) is 1. The molecule has 13 heavy (non-hydrogen) atoms. The topological polar surface area (TPSA) is 48.1 Å². The molecule has 1 heterocycles. The lowest BCUT2D eigenvalue weighted by molar-refractivity contribution is 0.389. The van der Waals surface area contributed by atoms with E-state index in [4.69, 9.17) is 16.9 Å². The van der Waals surface area contributed by atoms with Gasteiger partial charge in [0.15, 0.2) is 0 Å². The van der Waals surface area contributed by atoms with Gasteiger partial charge in [0.05, 0.1) is 7.11 Å². The number of rotatable bonds is 3. The monoisotopic (exact) mass is 176 g/mol. The van der Waals surface area contributed by atoms with Crippen molar-refractivity contribution in [3.63, 3.8) is 0 Å². The molecule has 68 valence electrons. The molecule has 3 nitrogen and oxygen atoms in total. The molecule has 0 saturated heterocycles. The molecule has 0 aliphatic heterocycles. The van der Waals surface area contributed by atoms with E-state index in [1.165, 1.54) is 0 Å². The number of pyridine rings is 1. The van der Waals surface area contributed by atoms with Crippen LogP contribution in [0.15, 0.2) is 18.3 Å². The highest BCUT2D eigenvalue weighted by Crippen LogP contribution is 2.21. The third-order valence-electron chi connectivity index (χ3n) is 1.73. The summed E-state index contributed by atoms with van der Waals surface area (Å²) in [6.07, 6.45) is 7.31. The van der Waals surface area contributed by atoms with Crippen LogP contribution in [-0.4, -0.2) is 12.1 Å². The molecule has 0 aromatic carbocycles. The summed E-state index contributed by atoms with van der Waals surface area (Å²) >= 11 is 0. The molecule has 1 aromatic heterocycles. The van der Waals surface area contributed by atoms with E-state index >= 15 is 0 Å². The predicted octanol–water partition coefficient (Wildman–Crippen LogP) is 1.11. The minimum atomic E-state index is -0.200. The number of aromatic nitrogens is 1. The van der Waals surface area contributed by atoms with Gasteiger partial charge >= 0.3 is 0 Å². The molecule has 0 amide bonds. The van der Waals surface area contributed by atoms with Gasteiger partial charge in [-0.15, -0.1) is 12.3 Å². The van der Waals surface area contributed by atoms with Gasteiger partial charge in [0.25, 0.3) is 0 Å². The number of terminal acetylenes is 1. The Balaban J connectivity index is 2.93. The van der Waals surface area contributed by atoms with Crippen molar-refractivity contribution in [3.05, 3.63) is 23.9 Å². The van der Waals surface area contributed by atoms with E-state index < -0.39 is 0 Å². The number of nitrogens with two attached hydrogens (primary N) is 1. The van der Waals surface area contributed by atoms with Crippen LogP contribution in [0.25, 0.3) is 0 Å². The molecule has 0 saturated carbocycles. The Hall–Kier alpha value is -1.53. The minimum Gasteiger partial charge on any atom is -0.481 e. The summed E-state index contributed by atoms with van der Waals surface area (Å²) in [5.41, 5.74) is 6.67. The highest BCUT2D eigenvalue weighted by atomic mass is 16.5. The summed E-state index contributed by atoms with van der Waals surface area (Å²) in [6, 6.07) is 3.48. The molecule has 1 atom stereocenters. The Morgan fingerprint density at radius 3 is 3.15 bits per heavy atom. The highest BCUT2D eigenvalue weighted by Gasteiger charge is 2.10. The molecule has 1 aromatic rings. The van der Waals surface area contributed by atoms with E-state index in [0.29, 0.717) is 12.3 Å². The summed E-state index contributed by atoms with van der Waals surface area (Å²) in [6.45, 7) is 0. The third kappa shape index (κ3) is 2.20.